The van der Waals surface area contributed by atoms with Crippen LogP contribution in [0.2, 0.25) is 0 Å². The standard InChI is InChI=1S/C13H13NO/c1-2-13(15)12-5-3-4-9-8-10(14)6-7-11(9)12/h3-8H,2,14H2,1H3. The maximum atomic E-state index is 11.7. The van der Waals surface area contributed by atoms with Gasteiger partial charge in [0.2, 0.25) is 0 Å². The highest BCUT2D eigenvalue weighted by molar-refractivity contribution is 6.08. The number of nitrogen functional groups attached to an aromatic ring is 1. The summed E-state index contributed by atoms with van der Waals surface area (Å²) in [6.07, 6.45) is 0.531. The molecule has 2 rings (SSSR count). The van der Waals surface area contributed by atoms with Gasteiger partial charge in [0.05, 0.1) is 0 Å². The summed E-state index contributed by atoms with van der Waals surface area (Å²) in [5, 5.41) is 2.01. The molecule has 2 nitrogen and oxygen atoms in total. The van der Waals surface area contributed by atoms with Crippen molar-refractivity contribution in [3.8, 4) is 0 Å². The fourth-order valence-electron chi connectivity index (χ4n) is 1.74. The van der Waals surface area contributed by atoms with Crippen LogP contribution in [0, 0.1) is 0 Å². The number of carbonyl (C=O) groups is 1. The summed E-state index contributed by atoms with van der Waals surface area (Å²) in [5.74, 6) is 0.172. The molecule has 2 heteroatoms. The highest BCUT2D eigenvalue weighted by Crippen LogP contribution is 2.22. The van der Waals surface area contributed by atoms with Gasteiger partial charge in [0.25, 0.3) is 0 Å². The van der Waals surface area contributed by atoms with Gasteiger partial charge in [-0.1, -0.05) is 31.2 Å². The van der Waals surface area contributed by atoms with Gasteiger partial charge in [0.15, 0.2) is 5.78 Å². The number of anilines is 1. The second kappa shape index (κ2) is 3.73. The van der Waals surface area contributed by atoms with E-state index in [4.69, 9.17) is 5.73 Å². The molecule has 0 saturated carbocycles. The Kier molecular flexibility index (Phi) is 2.42. The van der Waals surface area contributed by atoms with Crippen LogP contribution in [0.25, 0.3) is 10.8 Å². The van der Waals surface area contributed by atoms with Gasteiger partial charge in [-0.15, -0.1) is 0 Å². The number of nitrogens with two attached hydrogens (primary N) is 1. The van der Waals surface area contributed by atoms with E-state index in [-0.39, 0.29) is 5.78 Å². The second-order valence-electron chi connectivity index (χ2n) is 3.56. The van der Waals surface area contributed by atoms with E-state index in [0.29, 0.717) is 6.42 Å². The van der Waals surface area contributed by atoms with E-state index in [1.807, 2.05) is 43.3 Å². The average Bonchev–Trinajstić information content (AvgIpc) is 2.26. The molecule has 0 bridgehead atoms. The van der Waals surface area contributed by atoms with Crippen molar-refractivity contribution in [1.29, 1.82) is 0 Å². The lowest BCUT2D eigenvalue weighted by atomic mass is 10.00. The van der Waals surface area contributed by atoms with Crippen LogP contribution < -0.4 is 5.73 Å². The summed E-state index contributed by atoms with van der Waals surface area (Å²) in [4.78, 5) is 11.7. The van der Waals surface area contributed by atoms with Gasteiger partial charge in [-0.3, -0.25) is 4.79 Å². The summed E-state index contributed by atoms with van der Waals surface area (Å²) in [5.41, 5.74) is 7.21. The number of Topliss-reactive ketones (excluding diaryl/α,β-unsaturated/α-hetero) is 1. The minimum absolute atomic E-state index is 0.172. The Bertz CT molecular complexity index is 517. The van der Waals surface area contributed by atoms with E-state index in [1.54, 1.807) is 0 Å². The first-order valence-corrected chi connectivity index (χ1v) is 5.04. The minimum Gasteiger partial charge on any atom is -0.399 e. The van der Waals surface area contributed by atoms with E-state index in [2.05, 4.69) is 0 Å². The average molecular weight is 199 g/mol. The molecule has 0 heterocycles. The Balaban J connectivity index is 2.71. The number of rotatable bonds is 2. The van der Waals surface area contributed by atoms with Crippen LogP contribution in [-0.4, -0.2) is 5.78 Å². The number of ketones is 1. The largest absolute Gasteiger partial charge is 0.399 e. The number of carbonyl (C=O) groups excluding carboxylic acids is 1. The zero-order valence-electron chi connectivity index (χ0n) is 8.66. The van der Waals surface area contributed by atoms with Crippen LogP contribution in [0.5, 0.6) is 0 Å². The summed E-state index contributed by atoms with van der Waals surface area (Å²) < 4.78 is 0. The van der Waals surface area contributed by atoms with Crippen molar-refractivity contribution >= 4 is 22.2 Å². The molecule has 0 spiro atoms. The number of hydrogen-bond acceptors (Lipinski definition) is 2. The first-order valence-electron chi connectivity index (χ1n) is 5.04. The Morgan fingerprint density at radius 2 is 2.07 bits per heavy atom. The van der Waals surface area contributed by atoms with Gasteiger partial charge in [-0.05, 0) is 22.9 Å². The van der Waals surface area contributed by atoms with Gasteiger partial charge in [-0.25, -0.2) is 0 Å². The van der Waals surface area contributed by atoms with Crippen LogP contribution in [-0.2, 0) is 0 Å². The first-order chi connectivity index (χ1) is 7.22. The van der Waals surface area contributed by atoms with Crippen LogP contribution in [0.4, 0.5) is 5.69 Å². The van der Waals surface area contributed by atoms with Gasteiger partial charge >= 0.3 is 0 Å². The molecule has 2 aromatic carbocycles. The Hall–Kier alpha value is -1.83. The maximum absolute atomic E-state index is 11.7. The molecule has 0 radical (unpaired) electrons. The molecule has 0 aromatic heterocycles. The van der Waals surface area contributed by atoms with Crippen LogP contribution in [0.15, 0.2) is 36.4 Å². The monoisotopic (exact) mass is 199 g/mol. The third kappa shape index (κ3) is 1.71. The van der Waals surface area contributed by atoms with Gasteiger partial charge in [0.1, 0.15) is 0 Å². The Labute approximate surface area is 88.7 Å². The zero-order valence-corrected chi connectivity index (χ0v) is 8.66. The third-order valence-electron chi connectivity index (χ3n) is 2.53. The molecule has 0 aliphatic rings. The summed E-state index contributed by atoms with van der Waals surface area (Å²) in [6.45, 7) is 1.87. The highest BCUT2D eigenvalue weighted by Gasteiger charge is 2.07. The van der Waals surface area contributed by atoms with Crippen LogP contribution in [0.3, 0.4) is 0 Å². The fourth-order valence-corrected chi connectivity index (χ4v) is 1.74. The summed E-state index contributed by atoms with van der Waals surface area (Å²) in [7, 11) is 0. The number of hydrogen-bond donors (Lipinski definition) is 1. The quantitative estimate of drug-likeness (QED) is 0.596. The Morgan fingerprint density at radius 1 is 1.27 bits per heavy atom. The van der Waals surface area contributed by atoms with E-state index < -0.39 is 0 Å². The molecule has 2 aromatic rings. The maximum Gasteiger partial charge on any atom is 0.163 e. The van der Waals surface area contributed by atoms with Crippen molar-refractivity contribution in [2.45, 2.75) is 13.3 Å². The molecular formula is C13H13NO. The molecule has 2 N–H and O–H groups in total. The topological polar surface area (TPSA) is 43.1 Å². The molecule has 15 heavy (non-hydrogen) atoms. The van der Waals surface area contributed by atoms with E-state index in [1.165, 1.54) is 0 Å². The lowest BCUT2D eigenvalue weighted by molar-refractivity contribution is 0.0990. The predicted molar refractivity (Wildman–Crippen MR) is 63.0 cm³/mol. The van der Waals surface area contributed by atoms with Crippen molar-refractivity contribution in [1.82, 2.24) is 0 Å². The number of benzene rings is 2. The van der Waals surface area contributed by atoms with Crippen molar-refractivity contribution in [2.24, 2.45) is 0 Å². The van der Waals surface area contributed by atoms with Gasteiger partial charge in [0, 0.05) is 17.7 Å². The third-order valence-corrected chi connectivity index (χ3v) is 2.53. The first kappa shape index (κ1) is 9.71. The lowest BCUT2D eigenvalue weighted by Gasteiger charge is -2.04. The molecule has 0 aliphatic carbocycles. The van der Waals surface area contributed by atoms with Gasteiger partial charge in [-0.2, -0.15) is 0 Å². The van der Waals surface area contributed by atoms with Crippen LogP contribution in [0.1, 0.15) is 23.7 Å². The van der Waals surface area contributed by atoms with E-state index >= 15 is 0 Å². The molecule has 0 atom stereocenters. The SMILES string of the molecule is CCC(=O)c1cccc2cc(N)ccc12. The molecule has 0 fully saturated rings. The van der Waals surface area contributed by atoms with Crippen LogP contribution >= 0.6 is 0 Å². The van der Waals surface area contributed by atoms with E-state index in [0.717, 1.165) is 22.0 Å². The normalized spacial score (nSPS) is 10.5. The molecule has 0 amide bonds. The predicted octanol–water partition coefficient (Wildman–Crippen LogP) is 3.01. The van der Waals surface area contributed by atoms with E-state index in [9.17, 15) is 4.79 Å². The van der Waals surface area contributed by atoms with Crippen molar-refractivity contribution in [2.75, 3.05) is 5.73 Å². The highest BCUT2D eigenvalue weighted by atomic mass is 16.1. The summed E-state index contributed by atoms with van der Waals surface area (Å²) in [6, 6.07) is 11.4. The van der Waals surface area contributed by atoms with Crippen molar-refractivity contribution in [3.63, 3.8) is 0 Å². The fraction of sp³-hybridized carbons (Fsp3) is 0.154. The minimum atomic E-state index is 0.172. The van der Waals surface area contributed by atoms with Crippen molar-refractivity contribution < 1.29 is 4.79 Å². The number of fused-ring (bicyclic) bond motifs is 1. The second-order valence-corrected chi connectivity index (χ2v) is 3.56. The molecule has 0 aliphatic heterocycles. The van der Waals surface area contributed by atoms with Gasteiger partial charge < -0.3 is 5.73 Å². The smallest absolute Gasteiger partial charge is 0.163 e. The molecule has 76 valence electrons. The lowest BCUT2D eigenvalue weighted by Crippen LogP contribution is -1.97. The Morgan fingerprint density at radius 3 is 2.80 bits per heavy atom. The molecule has 0 saturated heterocycles. The molecule has 0 unspecified atom stereocenters. The van der Waals surface area contributed by atoms with Crippen molar-refractivity contribution in [3.05, 3.63) is 42.0 Å². The molecular weight excluding hydrogens is 186 g/mol. The zero-order chi connectivity index (χ0) is 10.8. The summed E-state index contributed by atoms with van der Waals surface area (Å²) >= 11 is 0.